The Hall–Kier alpha value is -1.63. The van der Waals surface area contributed by atoms with Gasteiger partial charge in [0.05, 0.1) is 5.97 Å². The molecule has 6 nitrogen and oxygen atoms in total. The molecule has 150 valence electrons. The van der Waals surface area contributed by atoms with Gasteiger partial charge in [-0.3, -0.25) is 0 Å². The van der Waals surface area contributed by atoms with Crippen LogP contribution < -0.4 is 5.11 Å². The molecule has 0 aliphatic heterocycles. The number of carboxylic acid groups (broad SMARTS) is 1. The third-order valence-corrected chi connectivity index (χ3v) is 5.74. The van der Waals surface area contributed by atoms with Gasteiger partial charge in [-0.1, -0.05) is 49.6 Å². The number of carboxylic acids is 1. The van der Waals surface area contributed by atoms with Crippen LogP contribution in [0.5, 0.6) is 0 Å². The number of allylic oxidation sites excluding steroid dienone is 2. The molecule has 0 saturated heterocycles. The first-order valence-corrected chi connectivity index (χ1v) is 10.9. The van der Waals surface area contributed by atoms with E-state index in [1.54, 1.807) is 4.68 Å². The minimum Gasteiger partial charge on any atom is -0.549 e. The van der Waals surface area contributed by atoms with Gasteiger partial charge in [0.2, 0.25) is 5.16 Å². The Morgan fingerprint density at radius 1 is 1.33 bits per heavy atom. The minimum absolute atomic E-state index is 0.141. The molecule has 1 aromatic heterocycles. The Bertz CT molecular complexity index is 659. The van der Waals surface area contributed by atoms with E-state index in [9.17, 15) is 9.90 Å². The van der Waals surface area contributed by atoms with E-state index in [2.05, 4.69) is 42.1 Å². The van der Waals surface area contributed by atoms with Gasteiger partial charge in [-0.2, -0.15) is 9.78 Å². The lowest BCUT2D eigenvalue weighted by Gasteiger charge is -2.20. The van der Waals surface area contributed by atoms with Crippen LogP contribution in [0.1, 0.15) is 83.9 Å². The molecule has 0 aromatic carbocycles. The number of thioether (sulfide) groups is 1. The number of carbonyl (C=O) groups excluding carboxylic acids is 1. The molecule has 0 amide bonds. The second-order valence-corrected chi connectivity index (χ2v) is 8.59. The van der Waals surface area contributed by atoms with Gasteiger partial charge >= 0.3 is 0 Å². The monoisotopic (exact) mass is 391 g/mol. The summed E-state index contributed by atoms with van der Waals surface area (Å²) >= 11 is 1.12. The van der Waals surface area contributed by atoms with Gasteiger partial charge in [0.1, 0.15) is 0 Å². The van der Waals surface area contributed by atoms with Gasteiger partial charge in [-0.05, 0) is 51.9 Å². The third-order valence-electron chi connectivity index (χ3n) is 4.84. The second-order valence-electron chi connectivity index (χ2n) is 7.65. The topological polar surface area (TPSA) is 83.2 Å². The van der Waals surface area contributed by atoms with Crippen molar-refractivity contribution >= 4 is 23.9 Å². The van der Waals surface area contributed by atoms with Gasteiger partial charge < -0.3 is 9.90 Å². The summed E-state index contributed by atoms with van der Waals surface area (Å²) in [7, 11) is 0. The van der Waals surface area contributed by atoms with Gasteiger partial charge in [0.25, 0.3) is 0 Å². The second kappa shape index (κ2) is 11.3. The van der Waals surface area contributed by atoms with Crippen LogP contribution in [-0.4, -0.2) is 32.8 Å². The molecule has 1 aliphatic rings. The summed E-state index contributed by atoms with van der Waals surface area (Å²) in [6, 6.07) is 0. The van der Waals surface area contributed by atoms with Crippen molar-refractivity contribution in [2.75, 3.05) is 5.75 Å². The standard InChI is InChI=1S/C20H32N4O2S/c1-15(2)8-7-9-16(3)12-13-21-24-19(17-10-5-4-6-11-17)22-23-20(24)27-14-18(25)26/h8,13,16-17H,4-7,9-12,14H2,1-3H3,(H,25,26)/p-1/b21-13-/t16-/m1/s1. The smallest absolute Gasteiger partial charge is 0.212 e. The van der Waals surface area contributed by atoms with E-state index in [1.807, 2.05) is 6.21 Å². The molecule has 0 unspecified atom stereocenters. The molecular formula is C20H31N4O2S-. The van der Waals surface area contributed by atoms with Crippen LogP contribution in [0.4, 0.5) is 0 Å². The maximum absolute atomic E-state index is 10.8. The van der Waals surface area contributed by atoms with Crippen LogP contribution in [0.3, 0.4) is 0 Å². The fourth-order valence-corrected chi connectivity index (χ4v) is 3.91. The fraction of sp³-hybridized carbons (Fsp3) is 0.700. The number of rotatable bonds is 10. The lowest BCUT2D eigenvalue weighted by atomic mass is 9.89. The highest BCUT2D eigenvalue weighted by Gasteiger charge is 2.23. The van der Waals surface area contributed by atoms with E-state index in [0.29, 0.717) is 17.0 Å². The van der Waals surface area contributed by atoms with Crippen LogP contribution in [0.15, 0.2) is 21.9 Å². The highest BCUT2D eigenvalue weighted by Crippen LogP contribution is 2.33. The highest BCUT2D eigenvalue weighted by atomic mass is 32.2. The lowest BCUT2D eigenvalue weighted by Crippen LogP contribution is -2.24. The summed E-state index contributed by atoms with van der Waals surface area (Å²) in [4.78, 5) is 10.8. The van der Waals surface area contributed by atoms with Crippen molar-refractivity contribution in [1.82, 2.24) is 14.9 Å². The van der Waals surface area contributed by atoms with E-state index in [-0.39, 0.29) is 5.75 Å². The molecule has 1 aromatic rings. The van der Waals surface area contributed by atoms with Crippen LogP contribution in [0.2, 0.25) is 0 Å². The summed E-state index contributed by atoms with van der Waals surface area (Å²) in [6.07, 6.45) is 13.1. The summed E-state index contributed by atoms with van der Waals surface area (Å²) in [6.45, 7) is 6.47. The van der Waals surface area contributed by atoms with Crippen molar-refractivity contribution in [2.45, 2.75) is 83.2 Å². The largest absolute Gasteiger partial charge is 0.549 e. The van der Waals surface area contributed by atoms with Crippen molar-refractivity contribution in [3.63, 3.8) is 0 Å². The third kappa shape index (κ3) is 7.48. The molecule has 0 N–H and O–H groups in total. The minimum atomic E-state index is -1.11. The van der Waals surface area contributed by atoms with Crippen molar-refractivity contribution in [3.05, 3.63) is 17.5 Å². The highest BCUT2D eigenvalue weighted by molar-refractivity contribution is 7.99. The summed E-state index contributed by atoms with van der Waals surface area (Å²) in [5.41, 5.74) is 1.35. The summed E-state index contributed by atoms with van der Waals surface area (Å²) in [5, 5.41) is 24.5. The quantitative estimate of drug-likeness (QED) is 0.344. The Balaban J connectivity index is 2.05. The number of carbonyl (C=O) groups is 1. The van der Waals surface area contributed by atoms with Gasteiger partial charge in [-0.15, -0.1) is 10.2 Å². The number of aromatic nitrogens is 3. The fourth-order valence-electron chi connectivity index (χ4n) is 3.30. The lowest BCUT2D eigenvalue weighted by molar-refractivity contribution is -0.301. The Kier molecular flexibility index (Phi) is 9.04. The molecule has 0 bridgehead atoms. The Morgan fingerprint density at radius 2 is 2.07 bits per heavy atom. The first kappa shape index (κ1) is 21.7. The normalized spacial score (nSPS) is 16.6. The molecule has 1 fully saturated rings. The number of aliphatic carboxylic acids is 1. The predicted octanol–water partition coefficient (Wildman–Crippen LogP) is 3.77. The summed E-state index contributed by atoms with van der Waals surface area (Å²) in [5.74, 6) is 0.515. The molecule has 0 spiro atoms. The molecule has 7 heteroatoms. The van der Waals surface area contributed by atoms with Gasteiger partial charge in [0.15, 0.2) is 5.82 Å². The SMILES string of the molecule is CC(C)=CCC[C@@H](C)C/C=N\n1c(SCC(=O)[O-])nnc1C1CCCCC1. The van der Waals surface area contributed by atoms with Crippen LogP contribution in [-0.2, 0) is 4.79 Å². The molecule has 1 aliphatic carbocycles. The van der Waals surface area contributed by atoms with Crippen LogP contribution >= 0.6 is 11.8 Å². The first-order valence-electron chi connectivity index (χ1n) is 9.91. The van der Waals surface area contributed by atoms with E-state index < -0.39 is 5.97 Å². The van der Waals surface area contributed by atoms with Crippen LogP contribution in [0, 0.1) is 5.92 Å². The molecule has 1 saturated carbocycles. The predicted molar refractivity (Wildman–Crippen MR) is 108 cm³/mol. The molecule has 1 heterocycles. The number of hydrogen-bond donors (Lipinski definition) is 0. The average Bonchev–Trinajstić information content (AvgIpc) is 3.03. The Morgan fingerprint density at radius 3 is 2.74 bits per heavy atom. The molecule has 27 heavy (non-hydrogen) atoms. The van der Waals surface area contributed by atoms with Crippen molar-refractivity contribution < 1.29 is 9.90 Å². The molecule has 1 atom stereocenters. The van der Waals surface area contributed by atoms with Crippen LogP contribution in [0.25, 0.3) is 0 Å². The Labute approximate surface area is 166 Å². The van der Waals surface area contributed by atoms with Crippen molar-refractivity contribution in [3.8, 4) is 0 Å². The van der Waals surface area contributed by atoms with E-state index >= 15 is 0 Å². The van der Waals surface area contributed by atoms with E-state index in [4.69, 9.17) is 0 Å². The zero-order valence-corrected chi connectivity index (χ0v) is 17.5. The maximum Gasteiger partial charge on any atom is 0.212 e. The first-order chi connectivity index (χ1) is 13.0. The number of nitrogens with zero attached hydrogens (tertiary/aromatic N) is 4. The van der Waals surface area contributed by atoms with Gasteiger partial charge in [-0.25, -0.2) is 0 Å². The molecule has 2 rings (SSSR count). The average molecular weight is 392 g/mol. The van der Waals surface area contributed by atoms with Crippen molar-refractivity contribution in [2.24, 2.45) is 11.0 Å². The van der Waals surface area contributed by atoms with E-state index in [0.717, 1.165) is 49.7 Å². The zero-order chi connectivity index (χ0) is 19.6. The van der Waals surface area contributed by atoms with E-state index in [1.165, 1.54) is 24.8 Å². The maximum atomic E-state index is 10.8. The molecule has 0 radical (unpaired) electrons. The van der Waals surface area contributed by atoms with Gasteiger partial charge in [0, 0.05) is 17.9 Å². The zero-order valence-electron chi connectivity index (χ0n) is 16.7. The molecular weight excluding hydrogens is 360 g/mol. The number of hydrogen-bond acceptors (Lipinski definition) is 6. The summed E-state index contributed by atoms with van der Waals surface area (Å²) < 4.78 is 1.76. The van der Waals surface area contributed by atoms with Crippen molar-refractivity contribution in [1.29, 1.82) is 0 Å².